The molecule has 2 rings (SSSR count). The van der Waals surface area contributed by atoms with Gasteiger partial charge < -0.3 is 0 Å². The second-order valence-corrected chi connectivity index (χ2v) is 5.43. The van der Waals surface area contributed by atoms with Crippen LogP contribution in [0.4, 0.5) is 4.39 Å². The quantitative estimate of drug-likeness (QED) is 0.810. The first-order valence-electron chi connectivity index (χ1n) is 6.09. The van der Waals surface area contributed by atoms with E-state index in [-0.39, 0.29) is 23.9 Å². The second kappa shape index (κ2) is 6.11. The van der Waals surface area contributed by atoms with E-state index in [1.165, 1.54) is 6.07 Å². The third kappa shape index (κ3) is 3.51. The Morgan fingerprint density at radius 2 is 1.89 bits per heavy atom. The molecule has 98 valence electrons. The van der Waals surface area contributed by atoms with Crippen molar-refractivity contribution in [2.24, 2.45) is 0 Å². The Balaban J connectivity index is 2.15. The molecule has 0 aliphatic heterocycles. The molecule has 1 nitrogen and oxygen atoms in total. The molecule has 0 aliphatic carbocycles. The number of Topliss-reactive ketones (excluding diaryl/α,β-unsaturated/α-hetero) is 1. The molecule has 0 spiro atoms. The second-order valence-electron chi connectivity index (χ2n) is 4.51. The van der Waals surface area contributed by atoms with E-state index in [1.807, 2.05) is 37.3 Å². The molecule has 0 heterocycles. The van der Waals surface area contributed by atoms with E-state index in [9.17, 15) is 9.18 Å². The maximum atomic E-state index is 13.6. The van der Waals surface area contributed by atoms with Gasteiger partial charge in [-0.25, -0.2) is 4.39 Å². The van der Waals surface area contributed by atoms with E-state index < -0.39 is 0 Å². The molecule has 0 saturated carbocycles. The molecule has 1 atom stereocenters. The highest BCUT2D eigenvalue weighted by atomic mass is 79.9. The zero-order valence-corrected chi connectivity index (χ0v) is 12.2. The van der Waals surface area contributed by atoms with E-state index in [4.69, 9.17) is 0 Å². The third-order valence-electron chi connectivity index (χ3n) is 3.15. The predicted octanol–water partition coefficient (Wildman–Crippen LogP) is 4.50. The Bertz CT molecular complexity index is 581. The first-order valence-corrected chi connectivity index (χ1v) is 6.89. The van der Waals surface area contributed by atoms with E-state index >= 15 is 0 Å². The van der Waals surface area contributed by atoms with E-state index in [2.05, 4.69) is 15.9 Å². The zero-order chi connectivity index (χ0) is 13.8. The predicted molar refractivity (Wildman–Crippen MR) is 77.7 cm³/mol. The SMILES string of the molecule is CC(C(=O)Cc1cc(Br)ccc1F)c1ccccc1. The van der Waals surface area contributed by atoms with Crippen molar-refractivity contribution in [1.82, 2.24) is 0 Å². The summed E-state index contributed by atoms with van der Waals surface area (Å²) in [6.07, 6.45) is 0.112. The number of hydrogen-bond acceptors (Lipinski definition) is 1. The van der Waals surface area contributed by atoms with Gasteiger partial charge in [0, 0.05) is 16.8 Å². The molecule has 0 fully saturated rings. The number of halogens is 2. The van der Waals surface area contributed by atoms with E-state index in [0.717, 1.165) is 10.0 Å². The van der Waals surface area contributed by atoms with E-state index in [1.54, 1.807) is 12.1 Å². The van der Waals surface area contributed by atoms with Crippen LogP contribution in [0.2, 0.25) is 0 Å². The molecule has 2 aromatic carbocycles. The molecule has 0 aliphatic rings. The van der Waals surface area contributed by atoms with Gasteiger partial charge in [-0.15, -0.1) is 0 Å². The summed E-state index contributed by atoms with van der Waals surface area (Å²) in [5, 5.41) is 0. The fraction of sp³-hybridized carbons (Fsp3) is 0.188. The molecule has 1 unspecified atom stereocenters. The molecule has 0 saturated heterocycles. The Hall–Kier alpha value is -1.48. The first-order chi connectivity index (χ1) is 9.08. The number of ketones is 1. The van der Waals surface area contributed by atoms with Gasteiger partial charge in [0.1, 0.15) is 11.6 Å². The number of hydrogen-bond donors (Lipinski definition) is 0. The Kier molecular flexibility index (Phi) is 4.48. The van der Waals surface area contributed by atoms with Crippen LogP contribution in [-0.4, -0.2) is 5.78 Å². The maximum absolute atomic E-state index is 13.6. The molecule has 2 aromatic rings. The minimum Gasteiger partial charge on any atom is -0.299 e. The molecule has 0 amide bonds. The van der Waals surface area contributed by atoms with Crippen LogP contribution < -0.4 is 0 Å². The third-order valence-corrected chi connectivity index (χ3v) is 3.65. The van der Waals surface area contributed by atoms with Crippen molar-refractivity contribution in [2.75, 3.05) is 0 Å². The summed E-state index contributed by atoms with van der Waals surface area (Å²) in [5.41, 5.74) is 1.39. The van der Waals surface area contributed by atoms with Crippen LogP contribution in [0.25, 0.3) is 0 Å². The highest BCUT2D eigenvalue weighted by molar-refractivity contribution is 9.10. The summed E-state index contributed by atoms with van der Waals surface area (Å²) in [4.78, 5) is 12.2. The summed E-state index contributed by atoms with van der Waals surface area (Å²) in [6.45, 7) is 1.85. The fourth-order valence-corrected chi connectivity index (χ4v) is 2.36. The molecular formula is C16H14BrFO. The first kappa shape index (κ1) is 13.9. The highest BCUT2D eigenvalue weighted by Crippen LogP contribution is 2.21. The van der Waals surface area contributed by atoms with Crippen molar-refractivity contribution in [3.63, 3.8) is 0 Å². The number of carbonyl (C=O) groups excluding carboxylic acids is 1. The summed E-state index contributed by atoms with van der Waals surface area (Å²) in [5.74, 6) is -0.542. The van der Waals surface area contributed by atoms with Crippen molar-refractivity contribution >= 4 is 21.7 Å². The molecule has 0 bridgehead atoms. The van der Waals surface area contributed by atoms with Gasteiger partial charge in [-0.05, 0) is 29.3 Å². The van der Waals surface area contributed by atoms with Gasteiger partial charge >= 0.3 is 0 Å². The summed E-state index contributed by atoms with van der Waals surface area (Å²) in [6, 6.07) is 14.2. The Morgan fingerprint density at radius 1 is 1.21 bits per heavy atom. The number of benzene rings is 2. The van der Waals surface area contributed by atoms with Crippen molar-refractivity contribution in [3.8, 4) is 0 Å². The zero-order valence-electron chi connectivity index (χ0n) is 10.6. The van der Waals surface area contributed by atoms with Crippen LogP contribution in [0.1, 0.15) is 24.0 Å². The topological polar surface area (TPSA) is 17.1 Å². The molecule has 0 aromatic heterocycles. The van der Waals surface area contributed by atoms with Crippen LogP contribution in [0.5, 0.6) is 0 Å². The van der Waals surface area contributed by atoms with Gasteiger partial charge in [-0.2, -0.15) is 0 Å². The van der Waals surface area contributed by atoms with Gasteiger partial charge in [0.05, 0.1) is 0 Å². The minimum atomic E-state index is -0.336. The Labute approximate surface area is 120 Å². The lowest BCUT2D eigenvalue weighted by Crippen LogP contribution is -2.13. The average molecular weight is 321 g/mol. The monoisotopic (exact) mass is 320 g/mol. The molecule has 0 N–H and O–H groups in total. The van der Waals surface area contributed by atoms with Gasteiger partial charge in [0.15, 0.2) is 0 Å². The van der Waals surface area contributed by atoms with E-state index in [0.29, 0.717) is 5.56 Å². The summed E-state index contributed by atoms with van der Waals surface area (Å²) in [7, 11) is 0. The fourth-order valence-electron chi connectivity index (χ4n) is 1.95. The van der Waals surface area contributed by atoms with Gasteiger partial charge in [-0.3, -0.25) is 4.79 Å². The lowest BCUT2D eigenvalue weighted by molar-refractivity contribution is -0.119. The van der Waals surface area contributed by atoms with Crippen molar-refractivity contribution in [2.45, 2.75) is 19.3 Å². The summed E-state index contributed by atoms with van der Waals surface area (Å²) >= 11 is 3.29. The van der Waals surface area contributed by atoms with Gasteiger partial charge in [0.25, 0.3) is 0 Å². The standard InChI is InChI=1S/C16H14BrFO/c1-11(12-5-3-2-4-6-12)16(19)10-13-9-14(17)7-8-15(13)18/h2-9,11H,10H2,1H3. The average Bonchev–Trinajstić information content (AvgIpc) is 2.43. The van der Waals surface area contributed by atoms with Gasteiger partial charge in [-0.1, -0.05) is 53.2 Å². The molecule has 3 heteroatoms. The van der Waals surface area contributed by atoms with Crippen molar-refractivity contribution in [3.05, 3.63) is 69.9 Å². The van der Waals surface area contributed by atoms with Crippen molar-refractivity contribution in [1.29, 1.82) is 0 Å². The molecule has 19 heavy (non-hydrogen) atoms. The van der Waals surface area contributed by atoms with Crippen LogP contribution in [0.15, 0.2) is 53.0 Å². The van der Waals surface area contributed by atoms with Crippen LogP contribution in [0.3, 0.4) is 0 Å². The van der Waals surface area contributed by atoms with Crippen LogP contribution in [0, 0.1) is 5.82 Å². The maximum Gasteiger partial charge on any atom is 0.144 e. The lowest BCUT2D eigenvalue weighted by atomic mass is 9.93. The largest absolute Gasteiger partial charge is 0.299 e. The lowest BCUT2D eigenvalue weighted by Gasteiger charge is -2.11. The van der Waals surface area contributed by atoms with Gasteiger partial charge in [0.2, 0.25) is 0 Å². The normalized spacial score (nSPS) is 12.2. The molecule has 0 radical (unpaired) electrons. The highest BCUT2D eigenvalue weighted by Gasteiger charge is 2.17. The smallest absolute Gasteiger partial charge is 0.144 e. The Morgan fingerprint density at radius 3 is 2.58 bits per heavy atom. The molecular weight excluding hydrogens is 307 g/mol. The number of rotatable bonds is 4. The minimum absolute atomic E-state index is 0.0169. The van der Waals surface area contributed by atoms with Crippen molar-refractivity contribution < 1.29 is 9.18 Å². The summed E-state index contributed by atoms with van der Waals surface area (Å²) < 4.78 is 14.4. The van der Waals surface area contributed by atoms with Crippen LogP contribution in [-0.2, 0) is 11.2 Å². The number of carbonyl (C=O) groups is 1. The van der Waals surface area contributed by atoms with Crippen LogP contribution >= 0.6 is 15.9 Å².